The van der Waals surface area contributed by atoms with Crippen molar-refractivity contribution in [2.75, 3.05) is 5.75 Å². The predicted molar refractivity (Wildman–Crippen MR) is 75.8 cm³/mol. The largest absolute Gasteiger partial charge is 0.481 e. The molecule has 7 heteroatoms. The lowest BCUT2D eigenvalue weighted by Crippen LogP contribution is -2.07. The lowest BCUT2D eigenvalue weighted by molar-refractivity contribution is -0.133. The van der Waals surface area contributed by atoms with E-state index in [9.17, 15) is 4.79 Å². The molecule has 1 N–H and O–H groups in total. The normalized spacial score (nSPS) is 11.2. The molecule has 2 heterocycles. The summed E-state index contributed by atoms with van der Waals surface area (Å²) in [6, 6.07) is 2.00. The third kappa shape index (κ3) is 2.87. The predicted octanol–water partition coefficient (Wildman–Crippen LogP) is 2.86. The van der Waals surface area contributed by atoms with Crippen molar-refractivity contribution >= 4 is 17.7 Å². The highest BCUT2D eigenvalue weighted by Gasteiger charge is 2.20. The molecular weight excluding hydrogens is 278 g/mol. The van der Waals surface area contributed by atoms with E-state index in [0.29, 0.717) is 5.16 Å². The number of carboxylic acid groups (broad SMARTS) is 1. The van der Waals surface area contributed by atoms with Gasteiger partial charge < -0.3 is 9.52 Å². The van der Waals surface area contributed by atoms with Gasteiger partial charge in [-0.1, -0.05) is 18.7 Å². The first-order chi connectivity index (χ1) is 9.54. The summed E-state index contributed by atoms with van der Waals surface area (Å²) >= 11 is 1.17. The maximum atomic E-state index is 10.7. The Hall–Kier alpha value is -1.76. The number of nitrogens with zero attached hydrogens (tertiary/aromatic N) is 3. The molecule has 0 aliphatic heterocycles. The fourth-order valence-corrected chi connectivity index (χ4v) is 2.75. The molecule has 2 aromatic rings. The van der Waals surface area contributed by atoms with E-state index in [1.807, 2.05) is 31.4 Å². The van der Waals surface area contributed by atoms with Gasteiger partial charge in [0.1, 0.15) is 5.76 Å². The molecule has 0 aromatic carbocycles. The quantitative estimate of drug-likeness (QED) is 0.825. The van der Waals surface area contributed by atoms with Crippen LogP contribution in [0.25, 0.3) is 11.4 Å². The topological polar surface area (TPSA) is 81.2 Å². The zero-order valence-corrected chi connectivity index (χ0v) is 12.5. The van der Waals surface area contributed by atoms with E-state index >= 15 is 0 Å². The average molecular weight is 295 g/mol. The summed E-state index contributed by atoms with van der Waals surface area (Å²) in [7, 11) is 0. The van der Waals surface area contributed by atoms with E-state index in [4.69, 9.17) is 9.52 Å². The number of carbonyl (C=O) groups is 1. The van der Waals surface area contributed by atoms with Crippen molar-refractivity contribution in [3.05, 3.63) is 18.1 Å². The van der Waals surface area contributed by atoms with Gasteiger partial charge in [-0.05, 0) is 19.9 Å². The molecule has 6 nitrogen and oxygen atoms in total. The molecule has 0 spiro atoms. The fourth-order valence-electron chi connectivity index (χ4n) is 1.96. The third-order valence-electron chi connectivity index (χ3n) is 2.81. The minimum Gasteiger partial charge on any atom is -0.481 e. The third-order valence-corrected chi connectivity index (χ3v) is 3.74. The van der Waals surface area contributed by atoms with Gasteiger partial charge in [-0.15, -0.1) is 10.2 Å². The van der Waals surface area contributed by atoms with Gasteiger partial charge in [0.15, 0.2) is 11.0 Å². The molecule has 2 rings (SSSR count). The summed E-state index contributed by atoms with van der Waals surface area (Å²) in [6.45, 7) is 6.05. The number of hydrogen-bond donors (Lipinski definition) is 1. The summed E-state index contributed by atoms with van der Waals surface area (Å²) < 4.78 is 7.37. The van der Waals surface area contributed by atoms with E-state index in [1.165, 1.54) is 11.8 Å². The number of thioether (sulfide) groups is 1. The summed E-state index contributed by atoms with van der Waals surface area (Å²) in [5.74, 6) is 0.677. The maximum absolute atomic E-state index is 10.7. The zero-order valence-electron chi connectivity index (χ0n) is 11.7. The number of carboxylic acids is 1. The number of furan rings is 1. The van der Waals surface area contributed by atoms with Crippen molar-refractivity contribution in [3.63, 3.8) is 0 Å². The number of aromatic nitrogens is 3. The molecule has 2 aromatic heterocycles. The number of rotatable bonds is 6. The highest BCUT2D eigenvalue weighted by atomic mass is 32.2. The molecule has 0 fully saturated rings. The molecular formula is C13H17N3O3S. The van der Waals surface area contributed by atoms with Gasteiger partial charge in [-0.2, -0.15) is 0 Å². The second-order valence-corrected chi connectivity index (χ2v) is 5.51. The summed E-state index contributed by atoms with van der Waals surface area (Å²) in [4.78, 5) is 10.7. The van der Waals surface area contributed by atoms with E-state index in [2.05, 4.69) is 10.2 Å². The Morgan fingerprint density at radius 1 is 1.50 bits per heavy atom. The van der Waals surface area contributed by atoms with Gasteiger partial charge in [0.2, 0.25) is 0 Å². The molecule has 0 aliphatic rings. The lowest BCUT2D eigenvalue weighted by Gasteiger charge is -2.13. The first kappa shape index (κ1) is 14.6. The SMILES string of the molecule is CCc1occc1-c1nnc(SCC(=O)O)n1C(C)C. The van der Waals surface area contributed by atoms with Crippen LogP contribution in [0.5, 0.6) is 0 Å². The summed E-state index contributed by atoms with van der Waals surface area (Å²) in [6.07, 6.45) is 2.41. The Kier molecular flexibility index (Phi) is 4.49. The molecule has 0 atom stereocenters. The lowest BCUT2D eigenvalue weighted by atomic mass is 10.2. The Bertz CT molecular complexity index is 604. The first-order valence-electron chi connectivity index (χ1n) is 6.40. The van der Waals surface area contributed by atoms with E-state index in [-0.39, 0.29) is 11.8 Å². The Balaban J connectivity index is 2.41. The average Bonchev–Trinajstić information content (AvgIpc) is 3.01. The van der Waals surface area contributed by atoms with E-state index in [0.717, 1.165) is 23.6 Å². The van der Waals surface area contributed by atoms with E-state index < -0.39 is 5.97 Å². The monoisotopic (exact) mass is 295 g/mol. The minimum atomic E-state index is -0.868. The highest BCUT2D eigenvalue weighted by Crippen LogP contribution is 2.30. The molecule has 0 radical (unpaired) electrons. The van der Waals surface area contributed by atoms with Crippen molar-refractivity contribution in [1.29, 1.82) is 0 Å². The molecule has 0 bridgehead atoms. The van der Waals surface area contributed by atoms with Crippen LogP contribution in [0.4, 0.5) is 0 Å². The van der Waals surface area contributed by atoms with Gasteiger partial charge in [0.05, 0.1) is 17.6 Å². The molecule has 0 amide bonds. The minimum absolute atomic E-state index is 0.0309. The van der Waals surface area contributed by atoms with Crippen LogP contribution >= 0.6 is 11.8 Å². The standard InChI is InChI=1S/C13H17N3O3S/c1-4-10-9(5-6-19-10)12-14-15-13(16(12)8(2)3)20-7-11(17)18/h5-6,8H,4,7H2,1-3H3,(H,17,18). The summed E-state index contributed by atoms with van der Waals surface area (Å²) in [5.41, 5.74) is 0.913. The molecule has 0 aliphatic carbocycles. The van der Waals surface area contributed by atoms with Crippen molar-refractivity contribution < 1.29 is 14.3 Å². The number of aryl methyl sites for hydroxylation is 1. The molecule has 0 saturated heterocycles. The van der Waals surface area contributed by atoms with Crippen LogP contribution in [0.15, 0.2) is 21.9 Å². The van der Waals surface area contributed by atoms with Crippen LogP contribution in [0, 0.1) is 0 Å². The highest BCUT2D eigenvalue weighted by molar-refractivity contribution is 7.99. The second-order valence-electron chi connectivity index (χ2n) is 4.56. The van der Waals surface area contributed by atoms with Gasteiger partial charge in [-0.3, -0.25) is 9.36 Å². The van der Waals surface area contributed by atoms with Crippen LogP contribution in [-0.2, 0) is 11.2 Å². The molecule has 20 heavy (non-hydrogen) atoms. The number of aliphatic carboxylic acids is 1. The van der Waals surface area contributed by atoms with Gasteiger partial charge in [0.25, 0.3) is 0 Å². The van der Waals surface area contributed by atoms with Crippen LogP contribution in [0.3, 0.4) is 0 Å². The smallest absolute Gasteiger partial charge is 0.313 e. The Labute approximate surface area is 121 Å². The van der Waals surface area contributed by atoms with Crippen molar-refractivity contribution in [1.82, 2.24) is 14.8 Å². The Morgan fingerprint density at radius 3 is 2.85 bits per heavy atom. The van der Waals surface area contributed by atoms with Crippen molar-refractivity contribution in [2.45, 2.75) is 38.4 Å². The van der Waals surface area contributed by atoms with Gasteiger partial charge >= 0.3 is 5.97 Å². The van der Waals surface area contributed by atoms with Crippen LogP contribution in [0.1, 0.15) is 32.6 Å². The molecule has 0 unspecified atom stereocenters. The second kappa shape index (κ2) is 6.13. The molecule has 0 saturated carbocycles. The maximum Gasteiger partial charge on any atom is 0.313 e. The zero-order chi connectivity index (χ0) is 14.7. The summed E-state index contributed by atoms with van der Waals surface area (Å²) in [5, 5.41) is 17.7. The number of hydrogen-bond acceptors (Lipinski definition) is 5. The van der Waals surface area contributed by atoms with E-state index in [1.54, 1.807) is 6.26 Å². The fraction of sp³-hybridized carbons (Fsp3) is 0.462. The van der Waals surface area contributed by atoms with Gasteiger partial charge in [-0.25, -0.2) is 0 Å². The Morgan fingerprint density at radius 2 is 2.25 bits per heavy atom. The molecule has 108 valence electrons. The van der Waals surface area contributed by atoms with Crippen LogP contribution < -0.4 is 0 Å². The first-order valence-corrected chi connectivity index (χ1v) is 7.39. The van der Waals surface area contributed by atoms with Crippen LogP contribution in [0.2, 0.25) is 0 Å². The van der Waals surface area contributed by atoms with Crippen LogP contribution in [-0.4, -0.2) is 31.6 Å². The van der Waals surface area contributed by atoms with Crippen molar-refractivity contribution in [2.24, 2.45) is 0 Å². The van der Waals surface area contributed by atoms with Crippen molar-refractivity contribution in [3.8, 4) is 11.4 Å². The van der Waals surface area contributed by atoms with Gasteiger partial charge in [0, 0.05) is 12.5 Å².